The van der Waals surface area contributed by atoms with Crippen LogP contribution in [-0.4, -0.2) is 14.7 Å². The predicted octanol–water partition coefficient (Wildman–Crippen LogP) is 2.53. The Morgan fingerprint density at radius 3 is 2.89 bits per heavy atom. The molecule has 0 bridgehead atoms. The van der Waals surface area contributed by atoms with Crippen molar-refractivity contribution in [3.8, 4) is 17.0 Å². The molecule has 0 amide bonds. The van der Waals surface area contributed by atoms with E-state index in [4.69, 9.17) is 5.73 Å². The number of aromatic hydroxyl groups is 1. The highest BCUT2D eigenvalue weighted by atomic mass is 16.3. The first-order valence-electron chi connectivity index (χ1n) is 5.66. The van der Waals surface area contributed by atoms with E-state index in [1.807, 2.05) is 36.0 Å². The Morgan fingerprint density at radius 1 is 1.28 bits per heavy atom. The van der Waals surface area contributed by atoms with Crippen molar-refractivity contribution >= 4 is 16.6 Å². The third-order valence-corrected chi connectivity index (χ3v) is 3.04. The minimum Gasteiger partial charge on any atom is -0.506 e. The quantitative estimate of drug-likeness (QED) is 0.685. The largest absolute Gasteiger partial charge is 0.506 e. The van der Waals surface area contributed by atoms with Gasteiger partial charge in [0.2, 0.25) is 0 Å². The van der Waals surface area contributed by atoms with Crippen LogP contribution in [0.5, 0.6) is 5.75 Å². The van der Waals surface area contributed by atoms with E-state index >= 15 is 0 Å². The minimum atomic E-state index is 0.269. The highest BCUT2D eigenvalue weighted by Gasteiger charge is 2.12. The number of rotatable bonds is 1. The Balaban J connectivity index is 2.34. The van der Waals surface area contributed by atoms with Crippen LogP contribution in [0.15, 0.2) is 42.7 Å². The van der Waals surface area contributed by atoms with E-state index in [2.05, 4.69) is 4.98 Å². The number of nitrogen functional groups attached to an aromatic ring is 1. The maximum absolute atomic E-state index is 9.90. The second-order valence-corrected chi connectivity index (χ2v) is 4.30. The summed E-state index contributed by atoms with van der Waals surface area (Å²) in [5.74, 6) is 0.269. The van der Waals surface area contributed by atoms with Crippen LogP contribution in [0.1, 0.15) is 0 Å². The summed E-state index contributed by atoms with van der Waals surface area (Å²) in [6.07, 6.45) is 3.64. The van der Waals surface area contributed by atoms with Gasteiger partial charge in [-0.25, -0.2) is 0 Å². The maximum atomic E-state index is 9.90. The number of benzene rings is 1. The number of phenols is 1. The summed E-state index contributed by atoms with van der Waals surface area (Å²) in [6, 6.07) is 9.06. The molecule has 4 nitrogen and oxygen atoms in total. The van der Waals surface area contributed by atoms with Gasteiger partial charge in [-0.1, -0.05) is 12.1 Å². The van der Waals surface area contributed by atoms with Crippen molar-refractivity contribution in [2.75, 3.05) is 5.73 Å². The SMILES string of the molecule is Cn1cc(-c2cc(N)ccn2)c2cccc(O)c21. The summed E-state index contributed by atoms with van der Waals surface area (Å²) >= 11 is 0. The molecule has 90 valence electrons. The highest BCUT2D eigenvalue weighted by Crippen LogP contribution is 2.33. The second kappa shape index (κ2) is 3.77. The molecule has 2 aromatic heterocycles. The summed E-state index contributed by atoms with van der Waals surface area (Å²) in [4.78, 5) is 4.33. The molecule has 3 aromatic rings. The zero-order valence-corrected chi connectivity index (χ0v) is 9.96. The highest BCUT2D eigenvalue weighted by molar-refractivity contribution is 5.98. The van der Waals surface area contributed by atoms with Gasteiger partial charge in [0.15, 0.2) is 0 Å². The van der Waals surface area contributed by atoms with Crippen LogP contribution < -0.4 is 5.73 Å². The van der Waals surface area contributed by atoms with E-state index in [0.29, 0.717) is 5.69 Å². The van der Waals surface area contributed by atoms with Crippen molar-refractivity contribution in [1.29, 1.82) is 0 Å². The molecule has 3 N–H and O–H groups in total. The average molecular weight is 239 g/mol. The van der Waals surface area contributed by atoms with Crippen LogP contribution in [0.3, 0.4) is 0 Å². The van der Waals surface area contributed by atoms with Gasteiger partial charge < -0.3 is 15.4 Å². The van der Waals surface area contributed by atoms with E-state index in [1.54, 1.807) is 18.3 Å². The second-order valence-electron chi connectivity index (χ2n) is 4.30. The van der Waals surface area contributed by atoms with Crippen molar-refractivity contribution in [2.24, 2.45) is 7.05 Å². The van der Waals surface area contributed by atoms with Gasteiger partial charge in [-0.2, -0.15) is 0 Å². The van der Waals surface area contributed by atoms with E-state index in [0.717, 1.165) is 22.2 Å². The van der Waals surface area contributed by atoms with Crippen LogP contribution >= 0.6 is 0 Å². The summed E-state index contributed by atoms with van der Waals surface area (Å²) in [5.41, 5.74) is 9.04. The molecule has 18 heavy (non-hydrogen) atoms. The standard InChI is InChI=1S/C14H13N3O/c1-17-8-11(12-7-9(15)5-6-16-12)10-3-2-4-13(18)14(10)17/h2-8,18H,1H3,(H2,15,16). The number of para-hydroxylation sites is 1. The number of fused-ring (bicyclic) bond motifs is 1. The van der Waals surface area contributed by atoms with Crippen LogP contribution in [0, 0.1) is 0 Å². The fourth-order valence-electron chi connectivity index (χ4n) is 2.25. The van der Waals surface area contributed by atoms with E-state index in [-0.39, 0.29) is 5.75 Å². The lowest BCUT2D eigenvalue weighted by Gasteiger charge is -2.00. The lowest BCUT2D eigenvalue weighted by Crippen LogP contribution is -1.87. The number of phenolic OH excluding ortho intramolecular Hbond substituents is 1. The van der Waals surface area contributed by atoms with Crippen LogP contribution in [-0.2, 0) is 7.05 Å². The fraction of sp³-hybridized carbons (Fsp3) is 0.0714. The molecular formula is C14H13N3O. The van der Waals surface area contributed by atoms with Crippen LogP contribution in [0.2, 0.25) is 0 Å². The number of nitrogens with two attached hydrogens (primary N) is 1. The van der Waals surface area contributed by atoms with Gasteiger partial charge in [-0.3, -0.25) is 4.98 Å². The molecule has 0 saturated carbocycles. The van der Waals surface area contributed by atoms with Gasteiger partial charge in [0.05, 0.1) is 11.2 Å². The predicted molar refractivity (Wildman–Crippen MR) is 72.2 cm³/mol. The average Bonchev–Trinajstić information content (AvgIpc) is 2.68. The van der Waals surface area contributed by atoms with Gasteiger partial charge in [0.25, 0.3) is 0 Å². The van der Waals surface area contributed by atoms with E-state index in [1.165, 1.54) is 0 Å². The maximum Gasteiger partial charge on any atom is 0.139 e. The molecule has 0 saturated heterocycles. The van der Waals surface area contributed by atoms with Gasteiger partial charge in [0.1, 0.15) is 5.75 Å². The molecule has 1 aromatic carbocycles. The van der Waals surface area contributed by atoms with Crippen molar-refractivity contribution in [1.82, 2.24) is 9.55 Å². The first kappa shape index (κ1) is 10.7. The molecule has 0 radical (unpaired) electrons. The van der Waals surface area contributed by atoms with Crippen molar-refractivity contribution in [3.05, 3.63) is 42.7 Å². The van der Waals surface area contributed by atoms with Gasteiger partial charge in [-0.05, 0) is 18.2 Å². The molecule has 0 atom stereocenters. The third-order valence-electron chi connectivity index (χ3n) is 3.04. The van der Waals surface area contributed by atoms with Crippen LogP contribution in [0.4, 0.5) is 5.69 Å². The van der Waals surface area contributed by atoms with Gasteiger partial charge >= 0.3 is 0 Å². The lowest BCUT2D eigenvalue weighted by atomic mass is 10.1. The zero-order chi connectivity index (χ0) is 12.7. The number of aryl methyl sites for hydroxylation is 1. The fourth-order valence-corrected chi connectivity index (χ4v) is 2.25. The Bertz CT molecular complexity index is 731. The monoisotopic (exact) mass is 239 g/mol. The molecule has 4 heteroatoms. The summed E-state index contributed by atoms with van der Waals surface area (Å²) in [5, 5.41) is 10.9. The topological polar surface area (TPSA) is 64.1 Å². The third kappa shape index (κ3) is 1.50. The summed E-state index contributed by atoms with van der Waals surface area (Å²) in [6.45, 7) is 0. The Morgan fingerprint density at radius 2 is 2.11 bits per heavy atom. The number of anilines is 1. The molecule has 0 spiro atoms. The molecule has 0 unspecified atom stereocenters. The molecule has 0 aliphatic rings. The Hall–Kier alpha value is -2.49. The number of hydrogen-bond donors (Lipinski definition) is 2. The summed E-state index contributed by atoms with van der Waals surface area (Å²) < 4.78 is 1.89. The normalized spacial score (nSPS) is 10.9. The summed E-state index contributed by atoms with van der Waals surface area (Å²) in [7, 11) is 1.90. The van der Waals surface area contributed by atoms with E-state index < -0.39 is 0 Å². The number of aromatic nitrogens is 2. The van der Waals surface area contributed by atoms with Gasteiger partial charge in [0, 0.05) is 36.1 Å². The van der Waals surface area contributed by atoms with Gasteiger partial charge in [-0.15, -0.1) is 0 Å². The lowest BCUT2D eigenvalue weighted by molar-refractivity contribution is 0.479. The van der Waals surface area contributed by atoms with E-state index in [9.17, 15) is 5.11 Å². The molecule has 0 aliphatic carbocycles. The molecular weight excluding hydrogens is 226 g/mol. The first-order chi connectivity index (χ1) is 8.66. The number of pyridine rings is 1. The molecule has 3 rings (SSSR count). The first-order valence-corrected chi connectivity index (χ1v) is 5.66. The minimum absolute atomic E-state index is 0.269. The zero-order valence-electron chi connectivity index (χ0n) is 9.96. The van der Waals surface area contributed by atoms with Crippen molar-refractivity contribution in [2.45, 2.75) is 0 Å². The number of nitrogens with zero attached hydrogens (tertiary/aromatic N) is 2. The Kier molecular flexibility index (Phi) is 2.23. The molecule has 0 aliphatic heterocycles. The number of hydrogen-bond acceptors (Lipinski definition) is 3. The van der Waals surface area contributed by atoms with Crippen molar-refractivity contribution in [3.63, 3.8) is 0 Å². The smallest absolute Gasteiger partial charge is 0.139 e. The Labute approximate surface area is 104 Å². The molecule has 0 fully saturated rings. The molecule has 2 heterocycles. The van der Waals surface area contributed by atoms with Crippen molar-refractivity contribution < 1.29 is 5.11 Å². The van der Waals surface area contributed by atoms with Crippen LogP contribution in [0.25, 0.3) is 22.2 Å².